The second-order valence-electron chi connectivity index (χ2n) is 3.26. The summed E-state index contributed by atoms with van der Waals surface area (Å²) >= 11 is 0. The van der Waals surface area contributed by atoms with E-state index in [9.17, 15) is 9.42 Å². The Morgan fingerprint density at radius 3 is 2.36 bits per heavy atom. The molecule has 0 radical (unpaired) electrons. The topological polar surface area (TPSA) is 63.6 Å². The first-order chi connectivity index (χ1) is 6.68. The normalized spacial score (nSPS) is 17.9. The van der Waals surface area contributed by atoms with Crippen LogP contribution in [0.25, 0.3) is 0 Å². The Hall–Kier alpha value is -0.910. The van der Waals surface area contributed by atoms with Crippen LogP contribution in [0, 0.1) is 5.21 Å². The van der Waals surface area contributed by atoms with Crippen LogP contribution >= 0.6 is 0 Å². The van der Waals surface area contributed by atoms with Crippen LogP contribution in [0.5, 0.6) is 0 Å². The van der Waals surface area contributed by atoms with Gasteiger partial charge in [0.1, 0.15) is 0 Å². The maximum atomic E-state index is 11.6. The minimum absolute atomic E-state index is 0.154. The third kappa shape index (κ3) is 1.95. The lowest BCUT2D eigenvalue weighted by molar-refractivity contribution is 0.296. The fourth-order valence-corrected chi connectivity index (χ4v) is 2.54. The van der Waals surface area contributed by atoms with Crippen molar-refractivity contribution in [3.63, 3.8) is 0 Å². The van der Waals surface area contributed by atoms with E-state index < -0.39 is 10.8 Å². The van der Waals surface area contributed by atoms with Gasteiger partial charge in [-0.15, -0.1) is 0 Å². The molecular weight excluding hydrogens is 202 g/mol. The molecule has 1 saturated carbocycles. The van der Waals surface area contributed by atoms with Crippen molar-refractivity contribution in [3.8, 4) is 0 Å². The van der Waals surface area contributed by atoms with Crippen molar-refractivity contribution in [2.24, 2.45) is 0 Å². The van der Waals surface area contributed by atoms with Crippen molar-refractivity contribution >= 4 is 16.5 Å². The van der Waals surface area contributed by atoms with E-state index in [1.54, 1.807) is 12.1 Å². The average Bonchev–Trinajstić information content (AvgIpc) is 3.00. The van der Waals surface area contributed by atoms with Crippen molar-refractivity contribution in [2.45, 2.75) is 23.0 Å². The average molecular weight is 212 g/mol. The maximum Gasteiger partial charge on any atom is 0.0560 e. The van der Waals surface area contributed by atoms with Gasteiger partial charge in [-0.25, -0.2) is 0 Å². The molecule has 2 rings (SSSR count). The molecule has 14 heavy (non-hydrogen) atoms. The second kappa shape index (κ2) is 3.68. The molecule has 0 saturated heterocycles. The summed E-state index contributed by atoms with van der Waals surface area (Å²) in [6.45, 7) is 0. The molecule has 1 aromatic carbocycles. The molecule has 5 heteroatoms. The molecule has 0 amide bonds. The molecule has 1 fully saturated rings. The van der Waals surface area contributed by atoms with Crippen molar-refractivity contribution in [2.75, 3.05) is 5.23 Å². The van der Waals surface area contributed by atoms with Gasteiger partial charge in [0.2, 0.25) is 0 Å². The lowest BCUT2D eigenvalue weighted by Gasteiger charge is -2.21. The largest absolute Gasteiger partial charge is 0.733 e. The number of nitrogens with zero attached hydrogens (tertiary/aromatic N) is 1. The Morgan fingerprint density at radius 1 is 1.36 bits per heavy atom. The van der Waals surface area contributed by atoms with Gasteiger partial charge in [-0.05, 0) is 37.1 Å². The number of hydrogen-bond donors (Lipinski definition) is 1. The quantitative estimate of drug-likeness (QED) is 0.774. The number of hydrogen-bond acceptors (Lipinski definition) is 4. The molecule has 1 aromatic rings. The molecular formula is C9H10NO3S-. The van der Waals surface area contributed by atoms with E-state index >= 15 is 0 Å². The summed E-state index contributed by atoms with van der Waals surface area (Å²) < 4.78 is 11.6. The molecule has 0 bridgehead atoms. The summed E-state index contributed by atoms with van der Waals surface area (Å²) in [5, 5.41) is 19.1. The molecule has 0 aliphatic heterocycles. The predicted octanol–water partition coefficient (Wildman–Crippen LogP) is 1.65. The fourth-order valence-electron chi connectivity index (χ4n) is 1.18. The third-order valence-corrected chi connectivity index (χ3v) is 3.93. The highest BCUT2D eigenvalue weighted by atomic mass is 32.2. The number of anilines is 1. The van der Waals surface area contributed by atoms with Crippen molar-refractivity contribution in [3.05, 3.63) is 29.5 Å². The van der Waals surface area contributed by atoms with Crippen LogP contribution < -0.4 is 5.23 Å². The van der Waals surface area contributed by atoms with Crippen LogP contribution in [-0.2, 0) is 10.8 Å². The summed E-state index contributed by atoms with van der Waals surface area (Å²) in [5.41, 5.74) is 0.154. The standard InChI is InChI=1S/C9H10NO3S/c11-10(12)7-1-3-8(4-2-7)14(13)9-5-6-9/h1-4,9,11H,5-6H2/q-1. The summed E-state index contributed by atoms with van der Waals surface area (Å²) in [5.74, 6) is 0. The van der Waals surface area contributed by atoms with Crippen LogP contribution in [0.4, 0.5) is 5.69 Å². The van der Waals surface area contributed by atoms with Gasteiger partial charge >= 0.3 is 0 Å². The summed E-state index contributed by atoms with van der Waals surface area (Å²) in [6.07, 6.45) is 2.03. The molecule has 1 aliphatic rings. The minimum atomic E-state index is -0.948. The Morgan fingerprint density at radius 2 is 1.93 bits per heavy atom. The van der Waals surface area contributed by atoms with Gasteiger partial charge in [0, 0.05) is 10.1 Å². The monoisotopic (exact) mass is 212 g/mol. The molecule has 0 aromatic heterocycles. The molecule has 0 heterocycles. The lowest BCUT2D eigenvalue weighted by Crippen LogP contribution is -2.07. The second-order valence-corrected chi connectivity index (χ2v) is 5.00. The Balaban J connectivity index is 2.16. The molecule has 4 nitrogen and oxygen atoms in total. The summed E-state index contributed by atoms with van der Waals surface area (Å²) in [4.78, 5) is 0.720. The third-order valence-electron chi connectivity index (χ3n) is 2.12. The van der Waals surface area contributed by atoms with Gasteiger partial charge < -0.3 is 10.4 Å². The first kappa shape index (κ1) is 9.64. The molecule has 1 atom stereocenters. The van der Waals surface area contributed by atoms with Gasteiger partial charge in [0.25, 0.3) is 0 Å². The van der Waals surface area contributed by atoms with Gasteiger partial charge in [-0.2, -0.15) is 0 Å². The van der Waals surface area contributed by atoms with Crippen LogP contribution in [0.1, 0.15) is 12.8 Å². The number of rotatable bonds is 3. The lowest BCUT2D eigenvalue weighted by atomic mass is 10.3. The molecule has 1 N–H and O–H groups in total. The maximum absolute atomic E-state index is 11.6. The molecule has 1 unspecified atom stereocenters. The number of benzene rings is 1. The highest BCUT2D eigenvalue weighted by molar-refractivity contribution is 7.86. The van der Waals surface area contributed by atoms with E-state index in [-0.39, 0.29) is 10.9 Å². The van der Waals surface area contributed by atoms with Crippen LogP contribution in [0.2, 0.25) is 0 Å². The zero-order chi connectivity index (χ0) is 10.1. The van der Waals surface area contributed by atoms with Crippen LogP contribution in [0.3, 0.4) is 0 Å². The van der Waals surface area contributed by atoms with Crippen molar-refractivity contribution in [1.82, 2.24) is 0 Å². The highest BCUT2D eigenvalue weighted by Crippen LogP contribution is 2.30. The van der Waals surface area contributed by atoms with E-state index in [1.807, 2.05) is 0 Å². The first-order valence-corrected chi connectivity index (χ1v) is 5.56. The van der Waals surface area contributed by atoms with Crippen LogP contribution in [-0.4, -0.2) is 14.7 Å². The van der Waals surface area contributed by atoms with E-state index in [1.165, 1.54) is 12.1 Å². The Bertz CT molecular complexity index is 346. The van der Waals surface area contributed by atoms with Crippen molar-refractivity contribution < 1.29 is 9.42 Å². The first-order valence-electron chi connectivity index (χ1n) is 4.35. The molecule has 0 spiro atoms. The van der Waals surface area contributed by atoms with E-state index in [0.717, 1.165) is 17.7 Å². The summed E-state index contributed by atoms with van der Waals surface area (Å²) in [6, 6.07) is 6.15. The van der Waals surface area contributed by atoms with Crippen LogP contribution in [0.15, 0.2) is 29.2 Å². The van der Waals surface area contributed by atoms with Gasteiger partial charge in [-0.3, -0.25) is 9.42 Å². The highest BCUT2D eigenvalue weighted by Gasteiger charge is 2.29. The SMILES string of the molecule is O=S(c1ccc(N([O-])O)cc1)C1CC1. The zero-order valence-corrected chi connectivity index (χ0v) is 8.24. The van der Waals surface area contributed by atoms with E-state index in [0.29, 0.717) is 5.25 Å². The van der Waals surface area contributed by atoms with E-state index in [4.69, 9.17) is 5.21 Å². The fraction of sp³-hybridized carbons (Fsp3) is 0.333. The van der Waals surface area contributed by atoms with Crippen molar-refractivity contribution in [1.29, 1.82) is 0 Å². The van der Waals surface area contributed by atoms with Gasteiger partial charge in [-0.1, -0.05) is 0 Å². The summed E-state index contributed by atoms with van der Waals surface area (Å²) in [7, 11) is -0.948. The van der Waals surface area contributed by atoms with Gasteiger partial charge in [0.05, 0.1) is 16.5 Å². The minimum Gasteiger partial charge on any atom is -0.733 e. The Kier molecular flexibility index (Phi) is 2.54. The van der Waals surface area contributed by atoms with E-state index in [2.05, 4.69) is 0 Å². The molecule has 1 aliphatic carbocycles. The zero-order valence-electron chi connectivity index (χ0n) is 7.42. The predicted molar refractivity (Wildman–Crippen MR) is 53.5 cm³/mol. The van der Waals surface area contributed by atoms with Gasteiger partial charge in [0.15, 0.2) is 0 Å². The Labute approximate surface area is 84.2 Å². The smallest absolute Gasteiger partial charge is 0.0560 e. The molecule has 76 valence electrons.